The summed E-state index contributed by atoms with van der Waals surface area (Å²) in [6.45, 7) is -0.922. The van der Waals surface area contributed by atoms with Crippen LogP contribution in [-0.2, 0) is 22.7 Å². The lowest BCUT2D eigenvalue weighted by atomic mass is 10.2. The Morgan fingerprint density at radius 1 is 1.00 bits per heavy atom. The zero-order chi connectivity index (χ0) is 23.2. The Kier molecular flexibility index (Phi) is 7.36. The third-order valence-corrected chi connectivity index (χ3v) is 5.84. The van der Waals surface area contributed by atoms with Gasteiger partial charge in [-0.1, -0.05) is 36.4 Å². The number of alkyl halides is 2. The summed E-state index contributed by atoms with van der Waals surface area (Å²) in [6.07, 6.45) is 1.87. The van der Waals surface area contributed by atoms with E-state index in [9.17, 15) is 18.4 Å². The minimum Gasteiger partial charge on any atom is -0.435 e. The van der Waals surface area contributed by atoms with Crippen molar-refractivity contribution in [2.24, 2.45) is 0 Å². The number of hydrogen-bond acceptors (Lipinski definition) is 6. The van der Waals surface area contributed by atoms with Crippen LogP contribution in [0.15, 0.2) is 71.8 Å². The van der Waals surface area contributed by atoms with Crippen LogP contribution in [0.3, 0.4) is 0 Å². The van der Waals surface area contributed by atoms with Crippen LogP contribution >= 0.6 is 11.9 Å². The molecule has 5 rings (SSSR count). The van der Waals surface area contributed by atoms with Gasteiger partial charge in [-0.2, -0.15) is 13.9 Å². The third-order valence-electron chi connectivity index (χ3n) is 4.98. The molecule has 0 radical (unpaired) electrons. The number of carbonyl (C=O) groups excluding carboxylic acids is 2. The van der Waals surface area contributed by atoms with E-state index in [0.717, 1.165) is 16.2 Å². The number of fused-ring (bicyclic) bond motifs is 1. The average Bonchev–Trinajstić information content (AvgIpc) is 3.34. The Balaban J connectivity index is 0.000000376. The molecule has 2 aromatic carbocycles. The summed E-state index contributed by atoms with van der Waals surface area (Å²) in [7, 11) is 0. The van der Waals surface area contributed by atoms with E-state index in [2.05, 4.69) is 9.84 Å². The van der Waals surface area contributed by atoms with E-state index in [4.69, 9.17) is 0 Å². The summed E-state index contributed by atoms with van der Waals surface area (Å²) in [5.41, 5.74) is 1.82. The van der Waals surface area contributed by atoms with Crippen LogP contribution in [0, 0.1) is 0 Å². The van der Waals surface area contributed by atoms with Gasteiger partial charge in [0.1, 0.15) is 5.75 Å². The van der Waals surface area contributed by atoms with Crippen molar-refractivity contribution in [2.45, 2.75) is 24.6 Å². The fourth-order valence-electron chi connectivity index (χ4n) is 3.38. The van der Waals surface area contributed by atoms with Gasteiger partial charge in [0.15, 0.2) is 5.78 Å². The van der Waals surface area contributed by atoms with E-state index in [1.54, 1.807) is 21.1 Å². The molecule has 33 heavy (non-hydrogen) atoms. The number of hydrogen-bond donors (Lipinski definition) is 0. The monoisotopic (exact) mass is 472 g/mol. The largest absolute Gasteiger partial charge is 0.435 e. The lowest BCUT2D eigenvalue weighted by Crippen LogP contribution is -2.51. The van der Waals surface area contributed by atoms with Crippen molar-refractivity contribution in [1.29, 1.82) is 0 Å². The molecule has 7 nitrogen and oxygen atoms in total. The molecule has 0 aliphatic carbocycles. The third kappa shape index (κ3) is 6.39. The number of ether oxygens (including phenoxy) is 1. The highest BCUT2D eigenvalue weighted by Gasteiger charge is 2.31. The highest BCUT2D eigenvalue weighted by molar-refractivity contribution is 7.97. The van der Waals surface area contributed by atoms with Crippen LogP contribution in [0.2, 0.25) is 0 Å². The zero-order valence-corrected chi connectivity index (χ0v) is 18.5. The number of Topliss-reactive ketones (excluding diaryl/α,β-unsaturated/α-hetero) is 1. The quantitative estimate of drug-likeness (QED) is 0.548. The van der Waals surface area contributed by atoms with E-state index in [1.165, 1.54) is 24.1 Å². The van der Waals surface area contributed by atoms with Gasteiger partial charge in [0.2, 0.25) is 5.91 Å². The summed E-state index contributed by atoms with van der Waals surface area (Å²) in [4.78, 5) is 27.6. The number of ketones is 1. The van der Waals surface area contributed by atoms with Crippen molar-refractivity contribution >= 4 is 23.6 Å². The van der Waals surface area contributed by atoms with Gasteiger partial charge in [0.05, 0.1) is 31.9 Å². The van der Waals surface area contributed by atoms with Gasteiger partial charge in [0, 0.05) is 35.1 Å². The Labute approximate surface area is 194 Å². The molecule has 1 aromatic heterocycles. The second kappa shape index (κ2) is 10.6. The van der Waals surface area contributed by atoms with E-state index in [-0.39, 0.29) is 24.0 Å². The lowest BCUT2D eigenvalue weighted by Gasteiger charge is -2.30. The summed E-state index contributed by atoms with van der Waals surface area (Å²) >= 11 is 1.35. The predicted molar refractivity (Wildman–Crippen MR) is 119 cm³/mol. The normalized spacial score (nSPS) is 15.0. The number of nitrogens with zero attached hydrogens (tertiary/aromatic N) is 4. The van der Waals surface area contributed by atoms with Crippen molar-refractivity contribution in [3.05, 3.63) is 78.1 Å². The molecule has 0 bridgehead atoms. The number of rotatable bonds is 6. The van der Waals surface area contributed by atoms with Gasteiger partial charge in [-0.25, -0.2) is 4.09 Å². The van der Waals surface area contributed by atoms with Crippen molar-refractivity contribution < 1.29 is 23.1 Å². The minimum absolute atomic E-state index is 0.00526. The molecule has 0 atom stereocenters. The molecule has 0 spiro atoms. The number of halogens is 2. The van der Waals surface area contributed by atoms with Crippen LogP contribution in [0.1, 0.15) is 11.3 Å². The van der Waals surface area contributed by atoms with Gasteiger partial charge >= 0.3 is 6.61 Å². The SMILES string of the molecule is O=C1CN(CC(=O)N2Cc3cn(Sc4ccc(OC(F)F)cc4)nc3C2)C1.c1ccccc1. The maximum atomic E-state index is 12.3. The van der Waals surface area contributed by atoms with Crippen molar-refractivity contribution in [3.63, 3.8) is 0 Å². The second-order valence-corrected chi connectivity index (χ2v) is 8.56. The molecule has 1 amide bonds. The number of carbonyl (C=O) groups is 2. The number of likely N-dealkylation sites (tertiary alicyclic amines) is 1. The highest BCUT2D eigenvalue weighted by Crippen LogP contribution is 2.28. The first-order valence-electron chi connectivity index (χ1n) is 10.3. The molecule has 172 valence electrons. The first-order chi connectivity index (χ1) is 16.0. The van der Waals surface area contributed by atoms with E-state index >= 15 is 0 Å². The Morgan fingerprint density at radius 3 is 2.18 bits per heavy atom. The summed E-state index contributed by atoms with van der Waals surface area (Å²) in [6, 6.07) is 18.3. The Morgan fingerprint density at radius 2 is 1.64 bits per heavy atom. The van der Waals surface area contributed by atoms with Crippen LogP contribution < -0.4 is 4.74 Å². The highest BCUT2D eigenvalue weighted by atomic mass is 32.2. The Bertz CT molecular complexity index is 1030. The number of amides is 1. The van der Waals surface area contributed by atoms with E-state index in [0.29, 0.717) is 26.2 Å². The molecule has 0 N–H and O–H groups in total. The minimum atomic E-state index is -2.84. The first kappa shape index (κ1) is 22.9. The predicted octanol–water partition coefficient (Wildman–Crippen LogP) is 3.45. The van der Waals surface area contributed by atoms with Crippen molar-refractivity contribution in [2.75, 3.05) is 19.6 Å². The maximum Gasteiger partial charge on any atom is 0.387 e. The molecular weight excluding hydrogens is 450 g/mol. The number of aromatic nitrogens is 2. The van der Waals surface area contributed by atoms with Crippen LogP contribution in [0.25, 0.3) is 0 Å². The summed E-state index contributed by atoms with van der Waals surface area (Å²) in [5, 5.41) is 4.48. The molecule has 3 heterocycles. The smallest absolute Gasteiger partial charge is 0.387 e. The van der Waals surface area contributed by atoms with Gasteiger partial charge in [-0.3, -0.25) is 14.5 Å². The van der Waals surface area contributed by atoms with E-state index < -0.39 is 6.61 Å². The van der Waals surface area contributed by atoms with Crippen LogP contribution in [-0.4, -0.2) is 56.9 Å². The fourth-order valence-corrected chi connectivity index (χ4v) is 4.17. The van der Waals surface area contributed by atoms with E-state index in [1.807, 2.05) is 47.5 Å². The molecule has 1 saturated heterocycles. The summed E-state index contributed by atoms with van der Waals surface area (Å²) < 4.78 is 30.4. The molecule has 0 unspecified atom stereocenters. The van der Waals surface area contributed by atoms with Crippen molar-refractivity contribution in [1.82, 2.24) is 19.0 Å². The molecule has 0 saturated carbocycles. The lowest BCUT2D eigenvalue weighted by molar-refractivity contribution is -0.138. The fraction of sp³-hybridized carbons (Fsp3) is 0.261. The molecule has 10 heteroatoms. The van der Waals surface area contributed by atoms with Crippen LogP contribution in [0.5, 0.6) is 5.75 Å². The molecule has 3 aromatic rings. The van der Waals surface area contributed by atoms with Gasteiger partial charge in [-0.15, -0.1) is 0 Å². The summed E-state index contributed by atoms with van der Waals surface area (Å²) in [5.74, 6) is 0.263. The molecular formula is C23H22F2N4O3S. The van der Waals surface area contributed by atoms with Gasteiger partial charge < -0.3 is 9.64 Å². The zero-order valence-electron chi connectivity index (χ0n) is 17.6. The Hall–Kier alpha value is -3.24. The molecule has 2 aliphatic heterocycles. The standard InChI is InChI=1S/C17H16F2N4O3S.C6H6/c18-17(19)26-13-1-3-14(4-2-13)27-23-6-11-5-22(9-15(11)20-23)16(25)10-21-7-12(24)8-21;1-2-4-6-5-3-1/h1-4,6,17H,5,7-10H2;1-6H. The van der Waals surface area contributed by atoms with Crippen molar-refractivity contribution in [3.8, 4) is 5.75 Å². The molecule has 2 aliphatic rings. The van der Waals surface area contributed by atoms with Gasteiger partial charge in [0.25, 0.3) is 0 Å². The number of benzene rings is 2. The van der Waals surface area contributed by atoms with Crippen LogP contribution in [0.4, 0.5) is 8.78 Å². The molecule has 1 fully saturated rings. The second-order valence-electron chi connectivity index (χ2n) is 7.53. The average molecular weight is 473 g/mol. The maximum absolute atomic E-state index is 12.3. The first-order valence-corrected chi connectivity index (χ1v) is 11.1. The topological polar surface area (TPSA) is 67.7 Å². The van der Waals surface area contributed by atoms with Gasteiger partial charge in [-0.05, 0) is 24.3 Å².